The first-order chi connectivity index (χ1) is 9.76. The lowest BCUT2D eigenvalue weighted by Gasteiger charge is -2.20. The number of benzene rings is 1. The van der Waals surface area contributed by atoms with Crippen molar-refractivity contribution in [1.82, 2.24) is 9.88 Å². The second-order valence-corrected chi connectivity index (χ2v) is 5.51. The molecule has 1 aromatic heterocycles. The average molecular weight is 293 g/mol. The molecule has 20 heavy (non-hydrogen) atoms. The Bertz CT molecular complexity index is 568. The fraction of sp³-hybridized carbons (Fsp3) is 0.400. The quantitative estimate of drug-likeness (QED) is 0.941. The zero-order chi connectivity index (χ0) is 13.9. The molecule has 4 nitrogen and oxygen atoms in total. The molecular formula is C15H17ClN2O2. The van der Waals surface area contributed by atoms with Crippen LogP contribution in [0.5, 0.6) is 0 Å². The highest BCUT2D eigenvalue weighted by molar-refractivity contribution is 6.30. The summed E-state index contributed by atoms with van der Waals surface area (Å²) in [6, 6.07) is 7.74. The Labute approximate surface area is 123 Å². The molecule has 0 bridgehead atoms. The second-order valence-electron chi connectivity index (χ2n) is 5.07. The van der Waals surface area contributed by atoms with Crippen molar-refractivity contribution in [3.8, 4) is 11.3 Å². The third-order valence-electron chi connectivity index (χ3n) is 3.73. The predicted octanol–water partition coefficient (Wildman–Crippen LogP) is 2.95. The van der Waals surface area contributed by atoms with Crippen molar-refractivity contribution in [3.05, 3.63) is 41.4 Å². The largest absolute Gasteiger partial charge is 0.439 e. The van der Waals surface area contributed by atoms with Crippen molar-refractivity contribution < 1.29 is 9.52 Å². The summed E-state index contributed by atoms with van der Waals surface area (Å²) in [4.78, 5) is 6.54. The summed E-state index contributed by atoms with van der Waals surface area (Å²) < 4.78 is 5.79. The molecule has 1 saturated heterocycles. The van der Waals surface area contributed by atoms with Gasteiger partial charge in [0.2, 0.25) is 5.89 Å². The fourth-order valence-electron chi connectivity index (χ4n) is 2.61. The molecule has 1 N–H and O–H groups in total. The summed E-state index contributed by atoms with van der Waals surface area (Å²) in [6.07, 6.45) is 3.90. The molecule has 1 atom stereocenters. The predicted molar refractivity (Wildman–Crippen MR) is 77.5 cm³/mol. The van der Waals surface area contributed by atoms with Gasteiger partial charge in [-0.05, 0) is 43.7 Å². The highest BCUT2D eigenvalue weighted by Gasteiger charge is 2.25. The van der Waals surface area contributed by atoms with Crippen LogP contribution >= 0.6 is 11.6 Å². The van der Waals surface area contributed by atoms with E-state index in [1.165, 1.54) is 0 Å². The van der Waals surface area contributed by atoms with Crippen LogP contribution in [0, 0.1) is 0 Å². The van der Waals surface area contributed by atoms with Crippen LogP contribution in [0.3, 0.4) is 0 Å². The maximum atomic E-state index is 9.32. The Hall–Kier alpha value is -1.36. The smallest absolute Gasteiger partial charge is 0.209 e. The minimum Gasteiger partial charge on any atom is -0.439 e. The monoisotopic (exact) mass is 292 g/mol. The van der Waals surface area contributed by atoms with Crippen molar-refractivity contribution in [3.63, 3.8) is 0 Å². The number of aromatic nitrogens is 1. The number of hydrogen-bond donors (Lipinski definition) is 1. The Morgan fingerprint density at radius 3 is 2.90 bits per heavy atom. The van der Waals surface area contributed by atoms with E-state index in [1.54, 1.807) is 6.20 Å². The van der Waals surface area contributed by atoms with Crippen LogP contribution in [0.4, 0.5) is 0 Å². The van der Waals surface area contributed by atoms with E-state index in [0.717, 1.165) is 30.7 Å². The molecule has 1 aromatic carbocycles. The van der Waals surface area contributed by atoms with Gasteiger partial charge in [0, 0.05) is 16.6 Å². The molecule has 1 aliphatic heterocycles. The molecule has 5 heteroatoms. The lowest BCUT2D eigenvalue weighted by molar-refractivity contribution is 0.144. The van der Waals surface area contributed by atoms with Gasteiger partial charge < -0.3 is 9.52 Å². The van der Waals surface area contributed by atoms with Crippen LogP contribution in [0.25, 0.3) is 11.3 Å². The van der Waals surface area contributed by atoms with E-state index in [-0.39, 0.29) is 12.6 Å². The minimum atomic E-state index is 0.199. The Morgan fingerprint density at radius 1 is 1.35 bits per heavy atom. The van der Waals surface area contributed by atoms with Gasteiger partial charge in [-0.2, -0.15) is 0 Å². The van der Waals surface area contributed by atoms with E-state index in [4.69, 9.17) is 16.0 Å². The van der Waals surface area contributed by atoms with Gasteiger partial charge in [0.25, 0.3) is 0 Å². The topological polar surface area (TPSA) is 49.5 Å². The van der Waals surface area contributed by atoms with E-state index >= 15 is 0 Å². The van der Waals surface area contributed by atoms with E-state index < -0.39 is 0 Å². The third kappa shape index (κ3) is 2.87. The summed E-state index contributed by atoms with van der Waals surface area (Å²) in [5, 5.41) is 10.0. The van der Waals surface area contributed by atoms with Crippen molar-refractivity contribution >= 4 is 11.6 Å². The zero-order valence-corrected chi connectivity index (χ0v) is 11.9. The summed E-state index contributed by atoms with van der Waals surface area (Å²) in [7, 11) is 0. The van der Waals surface area contributed by atoms with Gasteiger partial charge in [-0.1, -0.05) is 11.6 Å². The van der Waals surface area contributed by atoms with Gasteiger partial charge in [0.05, 0.1) is 19.3 Å². The van der Waals surface area contributed by atoms with Crippen LogP contribution in [-0.2, 0) is 6.54 Å². The highest BCUT2D eigenvalue weighted by Crippen LogP contribution is 2.24. The first-order valence-corrected chi connectivity index (χ1v) is 7.19. The number of oxazole rings is 1. The Kier molecular flexibility index (Phi) is 4.05. The molecular weight excluding hydrogens is 276 g/mol. The van der Waals surface area contributed by atoms with E-state index in [0.29, 0.717) is 17.5 Å². The number of rotatable bonds is 4. The normalized spacial score (nSPS) is 19.6. The highest BCUT2D eigenvalue weighted by atomic mass is 35.5. The van der Waals surface area contributed by atoms with E-state index in [2.05, 4.69) is 9.88 Å². The number of likely N-dealkylation sites (tertiary alicyclic amines) is 1. The number of halogens is 1. The van der Waals surface area contributed by atoms with Crippen LogP contribution in [0.1, 0.15) is 18.7 Å². The van der Waals surface area contributed by atoms with Gasteiger partial charge in [-0.15, -0.1) is 0 Å². The van der Waals surface area contributed by atoms with Gasteiger partial charge in [0.1, 0.15) is 0 Å². The first kappa shape index (κ1) is 13.6. The maximum Gasteiger partial charge on any atom is 0.209 e. The number of nitrogens with zero attached hydrogens (tertiary/aromatic N) is 2. The standard InChI is InChI=1S/C15H17ClN2O2/c16-12-5-3-11(4-6-12)14-8-17-15(20-14)9-18-7-1-2-13(18)10-19/h3-6,8,13,19H,1-2,7,9-10H2/t13-/m0/s1. The molecule has 0 radical (unpaired) electrons. The number of aliphatic hydroxyl groups excluding tert-OH is 1. The fourth-order valence-corrected chi connectivity index (χ4v) is 2.74. The summed E-state index contributed by atoms with van der Waals surface area (Å²) in [5.74, 6) is 1.44. The third-order valence-corrected chi connectivity index (χ3v) is 3.98. The van der Waals surface area contributed by atoms with Crippen molar-refractivity contribution in [2.75, 3.05) is 13.2 Å². The van der Waals surface area contributed by atoms with Crippen molar-refractivity contribution in [1.29, 1.82) is 0 Å². The lowest BCUT2D eigenvalue weighted by atomic mass is 10.2. The second kappa shape index (κ2) is 5.95. The van der Waals surface area contributed by atoms with Crippen LogP contribution < -0.4 is 0 Å². The van der Waals surface area contributed by atoms with Crippen LogP contribution in [0.2, 0.25) is 5.02 Å². The molecule has 1 aliphatic rings. The van der Waals surface area contributed by atoms with Gasteiger partial charge in [-0.3, -0.25) is 4.90 Å². The zero-order valence-electron chi connectivity index (χ0n) is 11.1. The molecule has 0 aliphatic carbocycles. The van der Waals surface area contributed by atoms with Crippen molar-refractivity contribution in [2.24, 2.45) is 0 Å². The van der Waals surface area contributed by atoms with Crippen molar-refractivity contribution in [2.45, 2.75) is 25.4 Å². The Balaban J connectivity index is 1.72. The molecule has 0 unspecified atom stereocenters. The van der Waals surface area contributed by atoms with Gasteiger partial charge >= 0.3 is 0 Å². The molecule has 106 valence electrons. The van der Waals surface area contributed by atoms with E-state index in [1.807, 2.05) is 24.3 Å². The van der Waals surface area contributed by atoms with Crippen LogP contribution in [0.15, 0.2) is 34.9 Å². The first-order valence-electron chi connectivity index (χ1n) is 6.82. The molecule has 0 amide bonds. The molecule has 2 heterocycles. The molecule has 1 fully saturated rings. The number of hydrogen-bond acceptors (Lipinski definition) is 4. The summed E-state index contributed by atoms with van der Waals surface area (Å²) >= 11 is 5.87. The number of aliphatic hydroxyl groups is 1. The molecule has 0 spiro atoms. The SMILES string of the molecule is OC[C@@H]1CCCN1Cc1ncc(-c2ccc(Cl)cc2)o1. The van der Waals surface area contributed by atoms with Gasteiger partial charge in [-0.25, -0.2) is 4.98 Å². The maximum absolute atomic E-state index is 9.32. The summed E-state index contributed by atoms with van der Waals surface area (Å²) in [5.41, 5.74) is 0.966. The molecule has 2 aromatic rings. The summed E-state index contributed by atoms with van der Waals surface area (Å²) in [6.45, 7) is 1.84. The molecule has 3 rings (SSSR count). The average Bonchev–Trinajstić information content (AvgIpc) is 3.09. The van der Waals surface area contributed by atoms with Gasteiger partial charge in [0.15, 0.2) is 5.76 Å². The minimum absolute atomic E-state index is 0.199. The lowest BCUT2D eigenvalue weighted by Crippen LogP contribution is -2.31. The van der Waals surface area contributed by atoms with Crippen LogP contribution in [-0.4, -0.2) is 34.2 Å². The Morgan fingerprint density at radius 2 is 2.15 bits per heavy atom. The molecule has 0 saturated carbocycles. The van der Waals surface area contributed by atoms with E-state index in [9.17, 15) is 5.11 Å².